The van der Waals surface area contributed by atoms with Gasteiger partial charge in [-0.05, 0) is 13.8 Å². The van der Waals surface area contributed by atoms with E-state index in [0.717, 1.165) is 0 Å². The number of alkyl halides is 4. The number of ether oxygens (including phenoxy) is 1. The highest BCUT2D eigenvalue weighted by molar-refractivity contribution is 6.28. The lowest BCUT2D eigenvalue weighted by Crippen LogP contribution is -2.32. The van der Waals surface area contributed by atoms with E-state index in [1.54, 1.807) is 0 Å². The van der Waals surface area contributed by atoms with E-state index in [1.165, 1.54) is 0 Å². The zero-order valence-electron chi connectivity index (χ0n) is 7.64. The van der Waals surface area contributed by atoms with Crippen LogP contribution in [-0.4, -0.2) is 34.7 Å². The van der Waals surface area contributed by atoms with Crippen LogP contribution >= 0.6 is 46.4 Å². The molecule has 0 aliphatic heterocycles. The Morgan fingerprint density at radius 3 is 1.46 bits per heavy atom. The highest BCUT2D eigenvalue weighted by Crippen LogP contribution is 2.15. The smallest absolute Gasteiger partial charge is 0.0730 e. The monoisotopic (exact) mass is 266 g/mol. The molecule has 0 spiro atoms. The normalized spacial score (nSPS) is 20.8. The summed E-state index contributed by atoms with van der Waals surface area (Å²) < 4.78 is 5.52. The average molecular weight is 268 g/mol. The molecule has 0 fully saturated rings. The summed E-state index contributed by atoms with van der Waals surface area (Å²) >= 11 is 22.9. The van der Waals surface area contributed by atoms with Gasteiger partial charge in [-0.3, -0.25) is 0 Å². The standard InChI is InChI=1S/C8H14Cl4O/c1-5(7(11)3-9)13-6(2)8(12)4-10/h5-8H,3-4H2,1-2H3. The Morgan fingerprint density at radius 2 is 1.23 bits per heavy atom. The van der Waals surface area contributed by atoms with Crippen molar-refractivity contribution in [3.63, 3.8) is 0 Å². The lowest BCUT2D eigenvalue weighted by Gasteiger charge is -2.23. The van der Waals surface area contributed by atoms with Crippen LogP contribution in [0.1, 0.15) is 13.8 Å². The van der Waals surface area contributed by atoms with Gasteiger partial charge >= 0.3 is 0 Å². The highest BCUT2D eigenvalue weighted by Gasteiger charge is 2.20. The molecule has 0 aliphatic carbocycles. The zero-order valence-corrected chi connectivity index (χ0v) is 10.7. The summed E-state index contributed by atoms with van der Waals surface area (Å²) in [7, 11) is 0. The topological polar surface area (TPSA) is 9.23 Å². The van der Waals surface area contributed by atoms with Crippen LogP contribution in [0.3, 0.4) is 0 Å². The summed E-state index contributed by atoms with van der Waals surface area (Å²) in [5, 5.41) is -0.383. The lowest BCUT2D eigenvalue weighted by molar-refractivity contribution is 0.00996. The Labute approximate surface area is 99.6 Å². The Bertz CT molecular complexity index is 119. The molecule has 0 saturated carbocycles. The molecule has 0 radical (unpaired) electrons. The van der Waals surface area contributed by atoms with Crippen molar-refractivity contribution in [1.82, 2.24) is 0 Å². The molecule has 1 nitrogen and oxygen atoms in total. The Balaban J connectivity index is 3.83. The molecule has 0 aromatic carbocycles. The second-order valence-electron chi connectivity index (χ2n) is 2.89. The molecular weight excluding hydrogens is 254 g/mol. The van der Waals surface area contributed by atoms with Gasteiger partial charge in [-0.15, -0.1) is 46.4 Å². The SMILES string of the molecule is CC(OC(C)C(Cl)CCl)C(Cl)CCl. The summed E-state index contributed by atoms with van der Waals surface area (Å²) in [5.74, 6) is 0.729. The molecule has 80 valence electrons. The van der Waals surface area contributed by atoms with E-state index < -0.39 is 0 Å². The quantitative estimate of drug-likeness (QED) is 0.670. The molecule has 0 heterocycles. The van der Waals surface area contributed by atoms with Gasteiger partial charge in [0, 0.05) is 11.8 Å². The van der Waals surface area contributed by atoms with E-state index >= 15 is 0 Å². The number of hydrogen-bond acceptors (Lipinski definition) is 1. The van der Waals surface area contributed by atoms with Gasteiger partial charge < -0.3 is 4.74 Å². The first-order valence-electron chi connectivity index (χ1n) is 4.08. The van der Waals surface area contributed by atoms with Crippen LogP contribution < -0.4 is 0 Å². The second-order valence-corrected chi connectivity index (χ2v) is 4.63. The van der Waals surface area contributed by atoms with Crippen LogP contribution in [0.4, 0.5) is 0 Å². The third-order valence-corrected chi connectivity index (χ3v) is 3.74. The van der Waals surface area contributed by atoms with Gasteiger partial charge in [0.05, 0.1) is 23.0 Å². The maximum atomic E-state index is 5.87. The molecule has 0 saturated heterocycles. The Kier molecular flexibility index (Phi) is 8.06. The van der Waals surface area contributed by atoms with Gasteiger partial charge in [0.1, 0.15) is 0 Å². The summed E-state index contributed by atoms with van der Waals surface area (Å²) in [6, 6.07) is 0. The zero-order chi connectivity index (χ0) is 10.4. The molecular formula is C8H14Cl4O. The number of rotatable bonds is 6. The first-order chi connectivity index (χ1) is 6.02. The predicted octanol–water partition coefficient (Wildman–Crippen LogP) is 3.47. The van der Waals surface area contributed by atoms with Crippen molar-refractivity contribution in [2.75, 3.05) is 11.8 Å². The molecule has 13 heavy (non-hydrogen) atoms. The van der Waals surface area contributed by atoms with Crippen LogP contribution in [0, 0.1) is 0 Å². The lowest BCUT2D eigenvalue weighted by atomic mass is 10.2. The molecule has 0 aromatic heterocycles. The van der Waals surface area contributed by atoms with Gasteiger partial charge in [0.2, 0.25) is 0 Å². The second kappa shape index (κ2) is 7.42. The van der Waals surface area contributed by atoms with E-state index in [9.17, 15) is 0 Å². The maximum Gasteiger partial charge on any atom is 0.0730 e. The minimum absolute atomic E-state index is 0.112. The van der Waals surface area contributed by atoms with Crippen molar-refractivity contribution < 1.29 is 4.74 Å². The Hall–Kier alpha value is 1.12. The van der Waals surface area contributed by atoms with Crippen LogP contribution in [0.2, 0.25) is 0 Å². The fourth-order valence-corrected chi connectivity index (χ4v) is 1.38. The molecule has 0 N–H and O–H groups in total. The van der Waals surface area contributed by atoms with Gasteiger partial charge in [-0.1, -0.05) is 0 Å². The van der Waals surface area contributed by atoms with Crippen molar-refractivity contribution in [1.29, 1.82) is 0 Å². The van der Waals surface area contributed by atoms with Crippen LogP contribution in [0.15, 0.2) is 0 Å². The summed E-state index contributed by atoms with van der Waals surface area (Å²) in [4.78, 5) is 0. The van der Waals surface area contributed by atoms with Crippen LogP contribution in [0.25, 0.3) is 0 Å². The third-order valence-electron chi connectivity index (χ3n) is 1.74. The van der Waals surface area contributed by atoms with Crippen molar-refractivity contribution in [2.24, 2.45) is 0 Å². The van der Waals surface area contributed by atoms with Gasteiger partial charge in [0.25, 0.3) is 0 Å². The van der Waals surface area contributed by atoms with Gasteiger partial charge in [-0.2, -0.15) is 0 Å². The van der Waals surface area contributed by atoms with Crippen LogP contribution in [0.5, 0.6) is 0 Å². The summed E-state index contributed by atoms with van der Waals surface area (Å²) in [6.07, 6.45) is -0.225. The summed E-state index contributed by atoms with van der Waals surface area (Å²) in [5.41, 5.74) is 0. The maximum absolute atomic E-state index is 5.87. The van der Waals surface area contributed by atoms with Crippen molar-refractivity contribution >= 4 is 46.4 Å². The molecule has 0 amide bonds. The molecule has 5 heteroatoms. The predicted molar refractivity (Wildman–Crippen MR) is 60.7 cm³/mol. The van der Waals surface area contributed by atoms with Gasteiger partial charge in [0.15, 0.2) is 0 Å². The molecule has 4 unspecified atom stereocenters. The van der Waals surface area contributed by atoms with Crippen LogP contribution in [-0.2, 0) is 4.74 Å². The fourth-order valence-electron chi connectivity index (χ4n) is 0.760. The minimum atomic E-state index is -0.191. The number of hydrogen-bond donors (Lipinski definition) is 0. The largest absolute Gasteiger partial charge is 0.372 e. The number of halogens is 4. The van der Waals surface area contributed by atoms with E-state index in [0.29, 0.717) is 11.8 Å². The van der Waals surface area contributed by atoms with Crippen molar-refractivity contribution in [3.05, 3.63) is 0 Å². The minimum Gasteiger partial charge on any atom is -0.372 e. The van der Waals surface area contributed by atoms with Crippen molar-refractivity contribution in [2.45, 2.75) is 36.8 Å². The highest BCUT2D eigenvalue weighted by atomic mass is 35.5. The molecule has 0 aromatic rings. The van der Waals surface area contributed by atoms with Crippen molar-refractivity contribution in [3.8, 4) is 0 Å². The average Bonchev–Trinajstić information content (AvgIpc) is 2.14. The third kappa shape index (κ3) is 5.54. The molecule has 0 bridgehead atoms. The molecule has 4 atom stereocenters. The first-order valence-corrected chi connectivity index (χ1v) is 6.02. The molecule has 0 aliphatic rings. The summed E-state index contributed by atoms with van der Waals surface area (Å²) in [6.45, 7) is 3.74. The first kappa shape index (κ1) is 14.1. The van der Waals surface area contributed by atoms with E-state index in [2.05, 4.69) is 0 Å². The molecule has 0 rings (SSSR count). The van der Waals surface area contributed by atoms with Gasteiger partial charge in [-0.25, -0.2) is 0 Å². The van der Waals surface area contributed by atoms with E-state index in [-0.39, 0.29) is 23.0 Å². The Morgan fingerprint density at radius 1 is 0.923 bits per heavy atom. The fraction of sp³-hybridized carbons (Fsp3) is 1.00. The van der Waals surface area contributed by atoms with E-state index in [1.807, 2.05) is 13.8 Å². The van der Waals surface area contributed by atoms with E-state index in [4.69, 9.17) is 51.1 Å².